The number of allylic oxidation sites excluding steroid dienone is 3. The summed E-state index contributed by atoms with van der Waals surface area (Å²) in [6.45, 7) is 11.3. The average molecular weight is 276 g/mol. The Bertz CT molecular complexity index is 628. The van der Waals surface area contributed by atoms with E-state index in [0.29, 0.717) is 0 Å². The van der Waals surface area contributed by atoms with Crippen LogP contribution in [0.4, 0.5) is 0 Å². The van der Waals surface area contributed by atoms with Crippen LogP contribution in [0.25, 0.3) is 11.1 Å². The first-order chi connectivity index (χ1) is 10.3. The number of pyridine rings is 2. The maximum Gasteiger partial charge on any atom is 0.0450 e. The summed E-state index contributed by atoms with van der Waals surface area (Å²) in [5.74, 6) is 0. The Balaban J connectivity index is 2.45. The Hall–Kier alpha value is -2.48. The van der Waals surface area contributed by atoms with E-state index in [1.165, 1.54) is 0 Å². The predicted octanol–water partition coefficient (Wildman–Crippen LogP) is 4.33. The van der Waals surface area contributed by atoms with Crippen molar-refractivity contribution >= 4 is 0 Å². The van der Waals surface area contributed by atoms with Crippen LogP contribution in [0.3, 0.4) is 0 Å². The van der Waals surface area contributed by atoms with Crippen molar-refractivity contribution in [3.63, 3.8) is 0 Å². The standard InChI is InChI=1S/C19H20N2/c1-4-7-17-12-15(10-11-20-17)16-13-18(8-5-2)21-19(14-16)9-6-3/h4-6,10-14H,1-3,7-9H2. The Labute approximate surface area is 126 Å². The third-order valence-corrected chi connectivity index (χ3v) is 3.14. The zero-order chi connectivity index (χ0) is 15.1. The molecule has 0 saturated heterocycles. The first-order valence-corrected chi connectivity index (χ1v) is 7.04. The highest BCUT2D eigenvalue weighted by molar-refractivity contribution is 5.64. The molecule has 0 unspecified atom stereocenters. The fraction of sp³-hybridized carbons (Fsp3) is 0.158. The van der Waals surface area contributed by atoms with E-state index in [9.17, 15) is 0 Å². The molecule has 0 saturated carbocycles. The first-order valence-electron chi connectivity index (χ1n) is 7.04. The van der Waals surface area contributed by atoms with Crippen LogP contribution < -0.4 is 0 Å². The molecule has 21 heavy (non-hydrogen) atoms. The molecule has 0 fully saturated rings. The van der Waals surface area contributed by atoms with Gasteiger partial charge in [-0.05, 0) is 35.4 Å². The van der Waals surface area contributed by atoms with Crippen molar-refractivity contribution in [3.05, 3.63) is 85.5 Å². The molecule has 2 aromatic rings. The fourth-order valence-electron chi connectivity index (χ4n) is 2.24. The molecule has 0 amide bonds. The number of rotatable bonds is 7. The minimum atomic E-state index is 0.766. The summed E-state index contributed by atoms with van der Waals surface area (Å²) in [6, 6.07) is 8.35. The molecule has 2 heterocycles. The number of nitrogens with zero attached hydrogens (tertiary/aromatic N) is 2. The lowest BCUT2D eigenvalue weighted by Crippen LogP contribution is -1.96. The van der Waals surface area contributed by atoms with Gasteiger partial charge in [0, 0.05) is 42.5 Å². The number of hydrogen-bond acceptors (Lipinski definition) is 2. The van der Waals surface area contributed by atoms with Crippen molar-refractivity contribution in [1.82, 2.24) is 9.97 Å². The van der Waals surface area contributed by atoms with E-state index in [1.807, 2.05) is 30.5 Å². The van der Waals surface area contributed by atoms with Gasteiger partial charge >= 0.3 is 0 Å². The maximum absolute atomic E-state index is 4.62. The van der Waals surface area contributed by atoms with E-state index >= 15 is 0 Å². The summed E-state index contributed by atoms with van der Waals surface area (Å²) in [5, 5.41) is 0. The molecule has 0 atom stereocenters. The maximum atomic E-state index is 4.62. The van der Waals surface area contributed by atoms with Crippen LogP contribution >= 0.6 is 0 Å². The number of hydrogen-bond donors (Lipinski definition) is 0. The minimum Gasteiger partial charge on any atom is -0.261 e. The van der Waals surface area contributed by atoms with Gasteiger partial charge in [-0.3, -0.25) is 9.97 Å². The fourth-order valence-corrected chi connectivity index (χ4v) is 2.24. The second-order valence-electron chi connectivity index (χ2n) is 4.85. The van der Waals surface area contributed by atoms with Crippen LogP contribution in [-0.4, -0.2) is 9.97 Å². The Morgan fingerprint density at radius 3 is 1.86 bits per heavy atom. The molecule has 0 aliphatic heterocycles. The summed E-state index contributed by atoms with van der Waals surface area (Å²) >= 11 is 0. The summed E-state index contributed by atoms with van der Waals surface area (Å²) < 4.78 is 0. The van der Waals surface area contributed by atoms with Crippen molar-refractivity contribution in [3.8, 4) is 11.1 Å². The molecule has 0 spiro atoms. The molecule has 0 aromatic carbocycles. The quantitative estimate of drug-likeness (QED) is 0.703. The third-order valence-electron chi connectivity index (χ3n) is 3.14. The van der Waals surface area contributed by atoms with Crippen molar-refractivity contribution in [2.75, 3.05) is 0 Å². The lowest BCUT2D eigenvalue weighted by atomic mass is 10.0. The summed E-state index contributed by atoms with van der Waals surface area (Å²) in [6.07, 6.45) is 9.77. The zero-order valence-electron chi connectivity index (χ0n) is 12.3. The number of aromatic nitrogens is 2. The van der Waals surface area contributed by atoms with Crippen LogP contribution in [0.5, 0.6) is 0 Å². The van der Waals surface area contributed by atoms with Gasteiger partial charge in [-0.2, -0.15) is 0 Å². The molecule has 2 heteroatoms. The van der Waals surface area contributed by atoms with Crippen molar-refractivity contribution in [2.45, 2.75) is 19.3 Å². The van der Waals surface area contributed by atoms with Gasteiger partial charge in [0.15, 0.2) is 0 Å². The van der Waals surface area contributed by atoms with E-state index in [0.717, 1.165) is 47.5 Å². The Morgan fingerprint density at radius 2 is 1.29 bits per heavy atom. The van der Waals surface area contributed by atoms with Gasteiger partial charge in [0.2, 0.25) is 0 Å². The summed E-state index contributed by atoms with van der Waals surface area (Å²) in [5.41, 5.74) is 5.39. The average Bonchev–Trinajstić information content (AvgIpc) is 2.48. The topological polar surface area (TPSA) is 25.8 Å². The van der Waals surface area contributed by atoms with Gasteiger partial charge in [0.05, 0.1) is 0 Å². The van der Waals surface area contributed by atoms with Crippen molar-refractivity contribution < 1.29 is 0 Å². The smallest absolute Gasteiger partial charge is 0.0450 e. The summed E-state index contributed by atoms with van der Waals surface area (Å²) in [7, 11) is 0. The van der Waals surface area contributed by atoms with Crippen LogP contribution in [0.1, 0.15) is 17.1 Å². The van der Waals surface area contributed by atoms with Crippen molar-refractivity contribution in [2.24, 2.45) is 0 Å². The first kappa shape index (κ1) is 14.9. The SMILES string of the molecule is C=CCc1cc(-c2cc(CC=C)nc(CC=C)c2)ccn1. The van der Waals surface area contributed by atoms with E-state index in [1.54, 1.807) is 0 Å². The molecule has 2 nitrogen and oxygen atoms in total. The molecular weight excluding hydrogens is 256 g/mol. The van der Waals surface area contributed by atoms with E-state index in [-0.39, 0.29) is 0 Å². The van der Waals surface area contributed by atoms with Crippen LogP contribution in [-0.2, 0) is 19.3 Å². The van der Waals surface area contributed by atoms with Gasteiger partial charge in [-0.25, -0.2) is 0 Å². The highest BCUT2D eigenvalue weighted by Crippen LogP contribution is 2.22. The van der Waals surface area contributed by atoms with E-state index < -0.39 is 0 Å². The van der Waals surface area contributed by atoms with Crippen LogP contribution in [0.2, 0.25) is 0 Å². The Morgan fingerprint density at radius 1 is 0.762 bits per heavy atom. The highest BCUT2D eigenvalue weighted by Gasteiger charge is 2.05. The molecule has 2 rings (SSSR count). The molecular formula is C19H20N2. The minimum absolute atomic E-state index is 0.766. The van der Waals surface area contributed by atoms with E-state index in [2.05, 4.69) is 47.9 Å². The van der Waals surface area contributed by atoms with Gasteiger partial charge in [-0.15, -0.1) is 19.7 Å². The van der Waals surface area contributed by atoms with Gasteiger partial charge in [-0.1, -0.05) is 18.2 Å². The molecule has 0 radical (unpaired) electrons. The molecule has 0 aliphatic carbocycles. The van der Waals surface area contributed by atoms with Gasteiger partial charge < -0.3 is 0 Å². The van der Waals surface area contributed by atoms with Crippen molar-refractivity contribution in [1.29, 1.82) is 0 Å². The molecule has 106 valence electrons. The second-order valence-corrected chi connectivity index (χ2v) is 4.85. The van der Waals surface area contributed by atoms with Gasteiger partial charge in [0.25, 0.3) is 0 Å². The molecule has 0 bridgehead atoms. The van der Waals surface area contributed by atoms with Gasteiger partial charge in [0.1, 0.15) is 0 Å². The highest BCUT2D eigenvalue weighted by atomic mass is 14.7. The second kappa shape index (κ2) is 7.34. The summed E-state index contributed by atoms with van der Waals surface area (Å²) in [4.78, 5) is 8.98. The molecule has 0 N–H and O–H groups in total. The van der Waals surface area contributed by atoms with Crippen LogP contribution in [0, 0.1) is 0 Å². The largest absolute Gasteiger partial charge is 0.261 e. The molecule has 0 aliphatic rings. The lowest BCUT2D eigenvalue weighted by Gasteiger charge is -2.08. The predicted molar refractivity (Wildman–Crippen MR) is 89.2 cm³/mol. The Kier molecular flexibility index (Phi) is 5.22. The zero-order valence-corrected chi connectivity index (χ0v) is 12.3. The lowest BCUT2D eigenvalue weighted by molar-refractivity contribution is 1.03. The molecule has 2 aromatic heterocycles. The monoisotopic (exact) mass is 276 g/mol. The van der Waals surface area contributed by atoms with Crippen LogP contribution in [0.15, 0.2) is 68.4 Å². The van der Waals surface area contributed by atoms with E-state index in [4.69, 9.17) is 0 Å². The third kappa shape index (κ3) is 3.99. The normalized spacial score (nSPS) is 10.1.